The molecule has 1 aliphatic carbocycles. The fraction of sp³-hybridized carbons (Fsp3) is 0.545. The van der Waals surface area contributed by atoms with Gasteiger partial charge in [0.1, 0.15) is 0 Å². The van der Waals surface area contributed by atoms with Crippen molar-refractivity contribution >= 4 is 26.7 Å². The summed E-state index contributed by atoms with van der Waals surface area (Å²) in [5.41, 5.74) is 1.56. The summed E-state index contributed by atoms with van der Waals surface area (Å²) in [6.45, 7) is 2.30. The van der Waals surface area contributed by atoms with Crippen LogP contribution in [-0.4, -0.2) is 0 Å². The number of fused-ring (bicyclic) bond motifs is 1. The zero-order chi connectivity index (χ0) is 16.1. The smallest absolute Gasteiger partial charge is 0.0181 e. The van der Waals surface area contributed by atoms with Gasteiger partial charge >= 0.3 is 0 Å². The van der Waals surface area contributed by atoms with Crippen LogP contribution < -0.4 is 0 Å². The highest BCUT2D eigenvalue weighted by molar-refractivity contribution is 9.10. The molecule has 124 valence electrons. The van der Waals surface area contributed by atoms with Crippen LogP contribution in [-0.2, 0) is 0 Å². The summed E-state index contributed by atoms with van der Waals surface area (Å²) in [4.78, 5) is 0. The second-order valence-corrected chi connectivity index (χ2v) is 8.23. The van der Waals surface area contributed by atoms with Crippen molar-refractivity contribution in [3.8, 4) is 0 Å². The Morgan fingerprint density at radius 1 is 0.870 bits per heavy atom. The van der Waals surface area contributed by atoms with Crippen molar-refractivity contribution in [3.05, 3.63) is 46.4 Å². The van der Waals surface area contributed by atoms with Crippen molar-refractivity contribution in [1.29, 1.82) is 0 Å². The third kappa shape index (κ3) is 4.59. The summed E-state index contributed by atoms with van der Waals surface area (Å²) < 4.78 is 1.17. The normalized spacial score (nSPS) is 21.7. The van der Waals surface area contributed by atoms with Crippen molar-refractivity contribution in [2.45, 2.75) is 70.6 Å². The molecule has 0 bridgehead atoms. The number of rotatable bonds is 6. The number of unbranched alkanes of at least 4 members (excludes halogenated alkanes) is 3. The van der Waals surface area contributed by atoms with Gasteiger partial charge < -0.3 is 0 Å². The molecule has 0 heterocycles. The number of hydrogen-bond donors (Lipinski definition) is 0. The molecular weight excluding hydrogens is 344 g/mol. The van der Waals surface area contributed by atoms with Crippen LogP contribution in [0.5, 0.6) is 0 Å². The molecule has 0 N–H and O–H groups in total. The fourth-order valence-electron chi connectivity index (χ4n) is 4.13. The van der Waals surface area contributed by atoms with Gasteiger partial charge in [0.2, 0.25) is 0 Å². The summed E-state index contributed by atoms with van der Waals surface area (Å²) >= 11 is 3.56. The van der Waals surface area contributed by atoms with Crippen molar-refractivity contribution < 1.29 is 0 Å². The lowest BCUT2D eigenvalue weighted by atomic mass is 9.77. The molecule has 2 aromatic rings. The third-order valence-electron chi connectivity index (χ3n) is 5.61. The first-order chi connectivity index (χ1) is 11.3. The van der Waals surface area contributed by atoms with Crippen molar-refractivity contribution in [2.24, 2.45) is 5.92 Å². The molecule has 1 saturated carbocycles. The van der Waals surface area contributed by atoms with Crippen LogP contribution in [0.25, 0.3) is 10.8 Å². The summed E-state index contributed by atoms with van der Waals surface area (Å²) in [6, 6.07) is 13.7. The lowest BCUT2D eigenvalue weighted by Crippen LogP contribution is -2.13. The first kappa shape index (κ1) is 17.0. The highest BCUT2D eigenvalue weighted by Crippen LogP contribution is 2.38. The molecule has 1 heteroatoms. The standard InChI is InChI=1S/C22H29Br/c1-2-3-4-5-6-17-7-9-18(10-8-17)19-11-12-21-16-22(23)14-13-20(21)15-19/h11-18H,2-10H2,1H3/t17-,18-. The van der Waals surface area contributed by atoms with Gasteiger partial charge in [0.25, 0.3) is 0 Å². The minimum atomic E-state index is 0.787. The van der Waals surface area contributed by atoms with Crippen LogP contribution in [0.3, 0.4) is 0 Å². The van der Waals surface area contributed by atoms with E-state index in [-0.39, 0.29) is 0 Å². The number of hydrogen-bond acceptors (Lipinski definition) is 0. The summed E-state index contributed by atoms with van der Waals surface area (Å²) in [5.74, 6) is 1.79. The van der Waals surface area contributed by atoms with Crippen molar-refractivity contribution in [1.82, 2.24) is 0 Å². The van der Waals surface area contributed by atoms with E-state index in [1.165, 1.54) is 73.0 Å². The quantitative estimate of drug-likeness (QED) is 0.452. The Morgan fingerprint density at radius 2 is 1.61 bits per heavy atom. The van der Waals surface area contributed by atoms with Gasteiger partial charge in [-0.1, -0.05) is 79.2 Å². The lowest BCUT2D eigenvalue weighted by Gasteiger charge is -2.29. The zero-order valence-corrected chi connectivity index (χ0v) is 15.9. The van der Waals surface area contributed by atoms with Gasteiger partial charge in [0.15, 0.2) is 0 Å². The van der Waals surface area contributed by atoms with Gasteiger partial charge in [-0.25, -0.2) is 0 Å². The van der Waals surface area contributed by atoms with E-state index in [4.69, 9.17) is 0 Å². The Bertz CT molecular complexity index is 623. The van der Waals surface area contributed by atoms with E-state index in [9.17, 15) is 0 Å². The maximum atomic E-state index is 3.56. The van der Waals surface area contributed by atoms with Crippen molar-refractivity contribution in [3.63, 3.8) is 0 Å². The Kier molecular flexibility index (Phi) is 6.16. The van der Waals surface area contributed by atoms with Crippen LogP contribution in [0.4, 0.5) is 0 Å². The minimum Gasteiger partial charge on any atom is -0.0654 e. The first-order valence-corrected chi connectivity index (χ1v) is 10.2. The molecule has 1 aliphatic rings. The molecule has 0 nitrogen and oxygen atoms in total. The molecule has 1 fully saturated rings. The fourth-order valence-corrected chi connectivity index (χ4v) is 4.51. The second kappa shape index (κ2) is 8.33. The van der Waals surface area contributed by atoms with Crippen LogP contribution in [0.2, 0.25) is 0 Å². The molecule has 0 radical (unpaired) electrons. The molecule has 0 aromatic heterocycles. The molecule has 0 saturated heterocycles. The topological polar surface area (TPSA) is 0 Å². The SMILES string of the molecule is CCCCCC[C@H]1CC[C@H](c2ccc3cc(Br)ccc3c2)CC1. The maximum Gasteiger partial charge on any atom is 0.0181 e. The Balaban J connectivity index is 1.56. The molecule has 0 aliphatic heterocycles. The molecule has 0 amide bonds. The summed E-state index contributed by atoms with van der Waals surface area (Å²) in [5, 5.41) is 2.72. The van der Waals surface area contributed by atoms with E-state index < -0.39 is 0 Å². The van der Waals surface area contributed by atoms with E-state index in [1.807, 2.05) is 0 Å². The van der Waals surface area contributed by atoms with Crippen molar-refractivity contribution in [2.75, 3.05) is 0 Å². The number of benzene rings is 2. The third-order valence-corrected chi connectivity index (χ3v) is 6.10. The predicted octanol–water partition coefficient (Wildman–Crippen LogP) is 7.85. The monoisotopic (exact) mass is 372 g/mol. The highest BCUT2D eigenvalue weighted by atomic mass is 79.9. The molecule has 23 heavy (non-hydrogen) atoms. The summed E-state index contributed by atoms with van der Waals surface area (Å²) in [7, 11) is 0. The van der Waals surface area contributed by atoms with E-state index in [1.54, 1.807) is 5.56 Å². The Morgan fingerprint density at radius 3 is 2.39 bits per heavy atom. The Hall–Kier alpha value is -0.820. The Labute approximate surface area is 149 Å². The zero-order valence-electron chi connectivity index (χ0n) is 14.4. The van der Waals surface area contributed by atoms with Crippen LogP contribution in [0.1, 0.15) is 76.2 Å². The largest absolute Gasteiger partial charge is 0.0654 e. The summed E-state index contributed by atoms with van der Waals surface area (Å²) in [6.07, 6.45) is 12.8. The van der Waals surface area contributed by atoms with Gasteiger partial charge in [-0.2, -0.15) is 0 Å². The molecule has 3 rings (SSSR count). The van der Waals surface area contributed by atoms with Gasteiger partial charge in [0.05, 0.1) is 0 Å². The van der Waals surface area contributed by atoms with Gasteiger partial charge in [0, 0.05) is 4.47 Å². The van der Waals surface area contributed by atoms with E-state index in [0.29, 0.717) is 0 Å². The number of halogens is 1. The lowest BCUT2D eigenvalue weighted by molar-refractivity contribution is 0.302. The molecule has 0 atom stereocenters. The van der Waals surface area contributed by atoms with Crippen LogP contribution >= 0.6 is 15.9 Å². The van der Waals surface area contributed by atoms with Gasteiger partial charge in [-0.15, -0.1) is 0 Å². The van der Waals surface area contributed by atoms with E-state index in [2.05, 4.69) is 59.3 Å². The van der Waals surface area contributed by atoms with E-state index >= 15 is 0 Å². The van der Waals surface area contributed by atoms with E-state index in [0.717, 1.165) is 11.8 Å². The molecule has 0 unspecified atom stereocenters. The van der Waals surface area contributed by atoms with Crippen LogP contribution in [0, 0.1) is 5.92 Å². The molecule has 0 spiro atoms. The van der Waals surface area contributed by atoms with Gasteiger partial charge in [-0.3, -0.25) is 0 Å². The average molecular weight is 373 g/mol. The maximum absolute atomic E-state index is 3.56. The minimum absolute atomic E-state index is 0.787. The molecule has 2 aromatic carbocycles. The predicted molar refractivity (Wildman–Crippen MR) is 105 cm³/mol. The second-order valence-electron chi connectivity index (χ2n) is 7.32. The van der Waals surface area contributed by atoms with Crippen LogP contribution in [0.15, 0.2) is 40.9 Å². The van der Waals surface area contributed by atoms with Gasteiger partial charge in [-0.05, 0) is 66.0 Å². The highest BCUT2D eigenvalue weighted by Gasteiger charge is 2.22. The molecular formula is C22H29Br. The first-order valence-electron chi connectivity index (χ1n) is 9.45. The average Bonchev–Trinajstić information content (AvgIpc) is 2.59.